The van der Waals surface area contributed by atoms with E-state index in [1.807, 2.05) is 0 Å². The van der Waals surface area contributed by atoms with Gasteiger partial charge in [-0.25, -0.2) is 0 Å². The van der Waals surface area contributed by atoms with Crippen molar-refractivity contribution in [1.82, 2.24) is 0 Å². The molecule has 2 rings (SSSR count). The second kappa shape index (κ2) is 4.42. The molecule has 1 aromatic carbocycles. The highest BCUT2D eigenvalue weighted by Gasteiger charge is 2.31. The Labute approximate surface area is 109 Å². The molecule has 1 aliphatic carbocycles. The Bertz CT molecular complexity index is 554. The van der Waals surface area contributed by atoms with Gasteiger partial charge in [-0.05, 0) is 42.7 Å². The normalized spacial score (nSPS) is 23.8. The zero-order valence-corrected chi connectivity index (χ0v) is 10.5. The summed E-state index contributed by atoms with van der Waals surface area (Å²) in [6, 6.07) is 5.23. The van der Waals surface area contributed by atoms with Gasteiger partial charge in [0.25, 0.3) is 0 Å². The molecule has 102 valence electrons. The summed E-state index contributed by atoms with van der Waals surface area (Å²) in [4.78, 5) is 0. The summed E-state index contributed by atoms with van der Waals surface area (Å²) in [5.41, 5.74) is 12.2. The average Bonchev–Trinajstić information content (AvgIpc) is 2.32. The number of alkyl halides is 3. The van der Waals surface area contributed by atoms with Gasteiger partial charge in [0.15, 0.2) is 0 Å². The molecule has 4 N–H and O–H groups in total. The Morgan fingerprint density at radius 2 is 1.89 bits per heavy atom. The first-order valence-corrected chi connectivity index (χ1v) is 5.83. The van der Waals surface area contributed by atoms with Crippen molar-refractivity contribution in [3.05, 3.63) is 53.2 Å². The summed E-state index contributed by atoms with van der Waals surface area (Å²) in [7, 11) is 0. The quantitative estimate of drug-likeness (QED) is 0.822. The minimum absolute atomic E-state index is 0.413. The molecule has 0 heterocycles. The molecule has 19 heavy (non-hydrogen) atoms. The minimum Gasteiger partial charge on any atom is -0.401 e. The van der Waals surface area contributed by atoms with Gasteiger partial charge in [0, 0.05) is 5.70 Å². The molecule has 1 aliphatic rings. The summed E-state index contributed by atoms with van der Waals surface area (Å²) in [6.45, 7) is 1.76. The number of nitrogens with two attached hydrogens (primary N) is 2. The molecule has 0 bridgehead atoms. The molecule has 2 nitrogen and oxygen atoms in total. The molecule has 1 aromatic rings. The van der Waals surface area contributed by atoms with Crippen LogP contribution in [0.1, 0.15) is 24.5 Å². The van der Waals surface area contributed by atoms with Crippen molar-refractivity contribution in [3.63, 3.8) is 0 Å². The second-order valence-corrected chi connectivity index (χ2v) is 4.99. The summed E-state index contributed by atoms with van der Waals surface area (Å²) >= 11 is 0. The smallest absolute Gasteiger partial charge is 0.401 e. The number of allylic oxidation sites excluding steroid dienone is 2. The first-order chi connectivity index (χ1) is 8.70. The SMILES string of the molecule is CC1(N)CC(c2cccc(C(F)(F)F)c2)=CC=C1N. The summed E-state index contributed by atoms with van der Waals surface area (Å²) in [6.07, 6.45) is -0.554. The van der Waals surface area contributed by atoms with Crippen LogP contribution in [0.25, 0.3) is 5.57 Å². The largest absolute Gasteiger partial charge is 0.416 e. The lowest BCUT2D eigenvalue weighted by molar-refractivity contribution is -0.137. The summed E-state index contributed by atoms with van der Waals surface area (Å²) < 4.78 is 38.0. The van der Waals surface area contributed by atoms with Crippen LogP contribution in [-0.4, -0.2) is 5.54 Å². The van der Waals surface area contributed by atoms with Crippen LogP contribution in [0.15, 0.2) is 42.1 Å². The van der Waals surface area contributed by atoms with Crippen LogP contribution >= 0.6 is 0 Å². The highest BCUT2D eigenvalue weighted by atomic mass is 19.4. The van der Waals surface area contributed by atoms with E-state index in [9.17, 15) is 13.2 Å². The molecule has 0 spiro atoms. The maximum Gasteiger partial charge on any atom is 0.416 e. The van der Waals surface area contributed by atoms with E-state index >= 15 is 0 Å². The van der Waals surface area contributed by atoms with Crippen molar-refractivity contribution in [1.29, 1.82) is 0 Å². The third-order valence-electron chi connectivity index (χ3n) is 3.24. The van der Waals surface area contributed by atoms with Crippen LogP contribution in [0.4, 0.5) is 13.2 Å². The third kappa shape index (κ3) is 2.81. The molecule has 0 aliphatic heterocycles. The molecule has 1 unspecified atom stereocenters. The molecule has 1 atom stereocenters. The highest BCUT2D eigenvalue weighted by Crippen LogP contribution is 2.34. The Kier molecular flexibility index (Phi) is 3.18. The molecule has 0 fully saturated rings. The van der Waals surface area contributed by atoms with Gasteiger partial charge in [0.1, 0.15) is 0 Å². The monoisotopic (exact) mass is 268 g/mol. The van der Waals surface area contributed by atoms with Gasteiger partial charge < -0.3 is 11.5 Å². The topological polar surface area (TPSA) is 52.0 Å². The van der Waals surface area contributed by atoms with Crippen molar-refractivity contribution in [2.24, 2.45) is 11.5 Å². The van der Waals surface area contributed by atoms with Crippen LogP contribution in [0.3, 0.4) is 0 Å². The van der Waals surface area contributed by atoms with Gasteiger partial charge >= 0.3 is 6.18 Å². The predicted molar refractivity (Wildman–Crippen MR) is 68.9 cm³/mol. The number of rotatable bonds is 1. The first-order valence-electron chi connectivity index (χ1n) is 5.83. The lowest BCUT2D eigenvalue weighted by Gasteiger charge is -2.29. The second-order valence-electron chi connectivity index (χ2n) is 4.99. The lowest BCUT2D eigenvalue weighted by Crippen LogP contribution is -2.43. The van der Waals surface area contributed by atoms with E-state index in [0.717, 1.165) is 17.7 Å². The minimum atomic E-state index is -4.34. The van der Waals surface area contributed by atoms with E-state index in [4.69, 9.17) is 11.5 Å². The van der Waals surface area contributed by atoms with E-state index in [0.29, 0.717) is 17.7 Å². The molecule has 0 saturated carbocycles. The van der Waals surface area contributed by atoms with Crippen molar-refractivity contribution in [3.8, 4) is 0 Å². The van der Waals surface area contributed by atoms with Gasteiger partial charge in [-0.15, -0.1) is 0 Å². The Morgan fingerprint density at radius 3 is 2.47 bits per heavy atom. The molecule has 5 heteroatoms. The third-order valence-corrected chi connectivity index (χ3v) is 3.24. The van der Waals surface area contributed by atoms with Crippen LogP contribution < -0.4 is 11.5 Å². The van der Waals surface area contributed by atoms with Gasteiger partial charge in [0.05, 0.1) is 11.1 Å². The standard InChI is InChI=1S/C14H15F3N2/c1-13(19)8-10(5-6-12(13)18)9-3-2-4-11(7-9)14(15,16)17/h2-7H,8,18-19H2,1H3. The van der Waals surface area contributed by atoms with Gasteiger partial charge in [-0.1, -0.05) is 18.2 Å². The zero-order valence-electron chi connectivity index (χ0n) is 10.5. The number of hydrogen-bond acceptors (Lipinski definition) is 2. The molecular formula is C14H15F3N2. The average molecular weight is 268 g/mol. The van der Waals surface area contributed by atoms with E-state index in [2.05, 4.69) is 0 Å². The molecule has 0 saturated heterocycles. The molecule has 0 radical (unpaired) electrons. The number of benzene rings is 1. The van der Waals surface area contributed by atoms with Crippen molar-refractivity contribution >= 4 is 5.57 Å². The van der Waals surface area contributed by atoms with Crippen molar-refractivity contribution in [2.75, 3.05) is 0 Å². The number of hydrogen-bond donors (Lipinski definition) is 2. The maximum atomic E-state index is 12.7. The molecule has 0 amide bonds. The van der Waals surface area contributed by atoms with Gasteiger partial charge in [0.2, 0.25) is 0 Å². The number of halogens is 3. The van der Waals surface area contributed by atoms with E-state index in [-0.39, 0.29) is 0 Å². The van der Waals surface area contributed by atoms with Crippen LogP contribution in [0, 0.1) is 0 Å². The van der Waals surface area contributed by atoms with Gasteiger partial charge in [-0.3, -0.25) is 0 Å². The predicted octanol–water partition coefficient (Wildman–Crippen LogP) is 3.05. The Balaban J connectivity index is 2.39. The summed E-state index contributed by atoms with van der Waals surface area (Å²) in [5, 5.41) is 0. The van der Waals surface area contributed by atoms with Gasteiger partial charge in [-0.2, -0.15) is 13.2 Å². The van der Waals surface area contributed by atoms with Crippen LogP contribution in [0.2, 0.25) is 0 Å². The Morgan fingerprint density at radius 1 is 1.21 bits per heavy atom. The Hall–Kier alpha value is -1.75. The fourth-order valence-corrected chi connectivity index (χ4v) is 2.03. The highest BCUT2D eigenvalue weighted by molar-refractivity contribution is 5.71. The maximum absolute atomic E-state index is 12.7. The van der Waals surface area contributed by atoms with E-state index in [1.54, 1.807) is 25.1 Å². The van der Waals surface area contributed by atoms with Crippen LogP contribution in [-0.2, 0) is 6.18 Å². The van der Waals surface area contributed by atoms with E-state index in [1.165, 1.54) is 6.07 Å². The zero-order chi connectivity index (χ0) is 14.3. The fraction of sp³-hybridized carbons (Fsp3) is 0.286. The first kappa shape index (κ1) is 13.7. The molecule has 0 aromatic heterocycles. The summed E-state index contributed by atoms with van der Waals surface area (Å²) in [5.74, 6) is 0. The molecular weight excluding hydrogens is 253 g/mol. The van der Waals surface area contributed by atoms with Crippen molar-refractivity contribution < 1.29 is 13.2 Å². The lowest BCUT2D eigenvalue weighted by atomic mass is 9.83. The van der Waals surface area contributed by atoms with E-state index < -0.39 is 17.3 Å². The fourth-order valence-electron chi connectivity index (χ4n) is 2.03. The van der Waals surface area contributed by atoms with Crippen molar-refractivity contribution in [2.45, 2.75) is 25.1 Å². The van der Waals surface area contributed by atoms with Crippen LogP contribution in [0.5, 0.6) is 0 Å².